The first kappa shape index (κ1) is 15.3. The van der Waals surface area contributed by atoms with Crippen molar-refractivity contribution in [1.82, 2.24) is 4.90 Å². The first-order chi connectivity index (χ1) is 11.1. The van der Waals surface area contributed by atoms with E-state index in [1.807, 2.05) is 48.2 Å². The van der Waals surface area contributed by atoms with Gasteiger partial charge in [-0.15, -0.1) is 0 Å². The summed E-state index contributed by atoms with van der Waals surface area (Å²) in [4.78, 5) is 25.8. The molecule has 0 radical (unpaired) electrons. The minimum atomic E-state index is -0.126. The number of hydrogen-bond donors (Lipinski definition) is 1. The quantitative estimate of drug-likeness (QED) is 0.941. The number of nitrogens with zero attached hydrogens (tertiary/aromatic N) is 1. The molecule has 0 spiro atoms. The van der Waals surface area contributed by atoms with Gasteiger partial charge in [0.25, 0.3) is 5.91 Å². The standard InChI is InChI=1S/C19H20N2O2/c1-14-4-2-5-17(12-14)20-19(23)16-9-7-15(8-10-16)13-21-11-3-6-18(21)22/h2,4-5,7-10,12H,3,6,11,13H2,1H3,(H,20,23). The zero-order valence-corrected chi connectivity index (χ0v) is 13.2. The molecule has 2 aromatic rings. The predicted octanol–water partition coefficient (Wildman–Crippen LogP) is 3.37. The molecule has 0 saturated carbocycles. The number of carbonyl (C=O) groups excluding carboxylic acids is 2. The molecular formula is C19H20N2O2. The van der Waals surface area contributed by atoms with Gasteiger partial charge < -0.3 is 10.2 Å². The van der Waals surface area contributed by atoms with Crippen LogP contribution in [-0.4, -0.2) is 23.3 Å². The van der Waals surface area contributed by atoms with E-state index in [2.05, 4.69) is 5.32 Å². The third-order valence-electron chi connectivity index (χ3n) is 4.04. The van der Waals surface area contributed by atoms with Crippen LogP contribution in [0.15, 0.2) is 48.5 Å². The molecule has 0 aromatic heterocycles. The van der Waals surface area contributed by atoms with Gasteiger partial charge in [-0.05, 0) is 48.7 Å². The second kappa shape index (κ2) is 6.65. The predicted molar refractivity (Wildman–Crippen MR) is 90.2 cm³/mol. The van der Waals surface area contributed by atoms with E-state index < -0.39 is 0 Å². The summed E-state index contributed by atoms with van der Waals surface area (Å²) < 4.78 is 0. The number of carbonyl (C=O) groups is 2. The Morgan fingerprint density at radius 1 is 1.17 bits per heavy atom. The molecule has 1 heterocycles. The Balaban J connectivity index is 1.64. The van der Waals surface area contributed by atoms with Crippen molar-refractivity contribution >= 4 is 17.5 Å². The molecule has 2 amide bonds. The Morgan fingerprint density at radius 2 is 1.96 bits per heavy atom. The van der Waals surface area contributed by atoms with Crippen LogP contribution in [0.25, 0.3) is 0 Å². The SMILES string of the molecule is Cc1cccc(NC(=O)c2ccc(CN3CCCC3=O)cc2)c1. The van der Waals surface area contributed by atoms with Gasteiger partial charge in [0.1, 0.15) is 0 Å². The molecule has 1 N–H and O–H groups in total. The van der Waals surface area contributed by atoms with Gasteiger partial charge in [0.2, 0.25) is 5.91 Å². The largest absolute Gasteiger partial charge is 0.338 e. The highest BCUT2D eigenvalue weighted by molar-refractivity contribution is 6.04. The number of hydrogen-bond acceptors (Lipinski definition) is 2. The van der Waals surface area contributed by atoms with Crippen LogP contribution in [0.2, 0.25) is 0 Å². The highest BCUT2D eigenvalue weighted by Crippen LogP contribution is 2.16. The molecule has 2 aromatic carbocycles. The molecule has 118 valence electrons. The Hall–Kier alpha value is -2.62. The second-order valence-corrected chi connectivity index (χ2v) is 5.94. The molecular weight excluding hydrogens is 288 g/mol. The molecule has 3 rings (SSSR count). The summed E-state index contributed by atoms with van der Waals surface area (Å²) in [5.41, 5.74) is 3.56. The molecule has 0 atom stereocenters. The van der Waals surface area contributed by atoms with Crippen molar-refractivity contribution in [3.63, 3.8) is 0 Å². The van der Waals surface area contributed by atoms with Crippen molar-refractivity contribution in [1.29, 1.82) is 0 Å². The van der Waals surface area contributed by atoms with Gasteiger partial charge >= 0.3 is 0 Å². The Bertz CT molecular complexity index is 722. The van der Waals surface area contributed by atoms with Crippen molar-refractivity contribution in [3.05, 3.63) is 65.2 Å². The van der Waals surface area contributed by atoms with Gasteiger partial charge in [-0.25, -0.2) is 0 Å². The minimum Gasteiger partial charge on any atom is -0.338 e. The van der Waals surface area contributed by atoms with Crippen molar-refractivity contribution in [2.45, 2.75) is 26.3 Å². The van der Waals surface area contributed by atoms with Gasteiger partial charge in [-0.1, -0.05) is 24.3 Å². The number of benzene rings is 2. The van der Waals surface area contributed by atoms with E-state index >= 15 is 0 Å². The second-order valence-electron chi connectivity index (χ2n) is 5.94. The van der Waals surface area contributed by atoms with E-state index in [0.29, 0.717) is 18.5 Å². The van der Waals surface area contributed by atoms with Crippen LogP contribution in [0.3, 0.4) is 0 Å². The van der Waals surface area contributed by atoms with Gasteiger partial charge in [-0.2, -0.15) is 0 Å². The maximum absolute atomic E-state index is 12.3. The topological polar surface area (TPSA) is 49.4 Å². The molecule has 1 aliphatic rings. The number of likely N-dealkylation sites (tertiary alicyclic amines) is 1. The zero-order valence-electron chi connectivity index (χ0n) is 13.2. The number of aryl methyl sites for hydroxylation is 1. The van der Waals surface area contributed by atoms with Gasteiger partial charge in [-0.3, -0.25) is 9.59 Å². The first-order valence-electron chi connectivity index (χ1n) is 7.86. The van der Waals surface area contributed by atoms with E-state index in [4.69, 9.17) is 0 Å². The summed E-state index contributed by atoms with van der Waals surface area (Å²) in [5.74, 6) is 0.0886. The fraction of sp³-hybridized carbons (Fsp3) is 0.263. The highest BCUT2D eigenvalue weighted by Gasteiger charge is 2.19. The lowest BCUT2D eigenvalue weighted by Gasteiger charge is -2.15. The molecule has 23 heavy (non-hydrogen) atoms. The minimum absolute atomic E-state index is 0.126. The van der Waals surface area contributed by atoms with Gasteiger partial charge in [0.15, 0.2) is 0 Å². The fourth-order valence-corrected chi connectivity index (χ4v) is 2.78. The Morgan fingerprint density at radius 3 is 2.61 bits per heavy atom. The van der Waals surface area contributed by atoms with E-state index in [1.54, 1.807) is 12.1 Å². The first-order valence-corrected chi connectivity index (χ1v) is 7.86. The molecule has 0 unspecified atom stereocenters. The zero-order chi connectivity index (χ0) is 16.2. The van der Waals surface area contributed by atoms with E-state index in [9.17, 15) is 9.59 Å². The molecule has 4 nitrogen and oxygen atoms in total. The maximum atomic E-state index is 12.3. The number of anilines is 1. The lowest BCUT2D eigenvalue weighted by molar-refractivity contribution is -0.128. The van der Waals surface area contributed by atoms with Crippen LogP contribution >= 0.6 is 0 Å². The summed E-state index contributed by atoms with van der Waals surface area (Å²) in [5, 5.41) is 2.90. The van der Waals surface area contributed by atoms with Crippen LogP contribution in [0.4, 0.5) is 5.69 Å². The summed E-state index contributed by atoms with van der Waals surface area (Å²) in [6, 6.07) is 15.2. The average molecular weight is 308 g/mol. The van der Waals surface area contributed by atoms with Gasteiger partial charge in [0.05, 0.1) is 0 Å². The number of nitrogens with one attached hydrogen (secondary N) is 1. The highest BCUT2D eigenvalue weighted by atomic mass is 16.2. The molecule has 1 aliphatic heterocycles. The molecule has 0 aliphatic carbocycles. The van der Waals surface area contributed by atoms with Crippen LogP contribution in [0, 0.1) is 6.92 Å². The lowest BCUT2D eigenvalue weighted by Crippen LogP contribution is -2.23. The van der Waals surface area contributed by atoms with Crippen LogP contribution in [0.1, 0.15) is 34.3 Å². The normalized spacial score (nSPS) is 14.1. The van der Waals surface area contributed by atoms with Crippen LogP contribution < -0.4 is 5.32 Å². The molecule has 1 saturated heterocycles. The Kier molecular flexibility index (Phi) is 4.42. The fourth-order valence-electron chi connectivity index (χ4n) is 2.78. The third kappa shape index (κ3) is 3.77. The maximum Gasteiger partial charge on any atom is 0.255 e. The lowest BCUT2D eigenvalue weighted by atomic mass is 10.1. The average Bonchev–Trinajstić information content (AvgIpc) is 2.93. The Labute approximate surface area is 136 Å². The van der Waals surface area contributed by atoms with Crippen LogP contribution in [-0.2, 0) is 11.3 Å². The summed E-state index contributed by atoms with van der Waals surface area (Å²) in [7, 11) is 0. The molecule has 1 fully saturated rings. The summed E-state index contributed by atoms with van der Waals surface area (Å²) in [6.07, 6.45) is 1.59. The monoisotopic (exact) mass is 308 g/mol. The number of rotatable bonds is 4. The number of amides is 2. The van der Waals surface area contributed by atoms with Crippen molar-refractivity contribution in [2.24, 2.45) is 0 Å². The van der Waals surface area contributed by atoms with Gasteiger partial charge in [0, 0.05) is 30.8 Å². The third-order valence-corrected chi connectivity index (χ3v) is 4.04. The van der Waals surface area contributed by atoms with Crippen molar-refractivity contribution in [2.75, 3.05) is 11.9 Å². The summed E-state index contributed by atoms with van der Waals surface area (Å²) >= 11 is 0. The van der Waals surface area contributed by atoms with E-state index in [-0.39, 0.29) is 11.8 Å². The summed E-state index contributed by atoms with van der Waals surface area (Å²) in [6.45, 7) is 3.44. The smallest absolute Gasteiger partial charge is 0.255 e. The van der Waals surface area contributed by atoms with Crippen molar-refractivity contribution < 1.29 is 9.59 Å². The van der Waals surface area contributed by atoms with E-state index in [1.165, 1.54) is 0 Å². The molecule has 0 bridgehead atoms. The van der Waals surface area contributed by atoms with Crippen molar-refractivity contribution in [3.8, 4) is 0 Å². The van der Waals surface area contributed by atoms with E-state index in [0.717, 1.165) is 29.8 Å². The van der Waals surface area contributed by atoms with Crippen LogP contribution in [0.5, 0.6) is 0 Å². The molecule has 4 heteroatoms.